The third kappa shape index (κ3) is 6.71. The van der Waals surface area contributed by atoms with Crippen molar-refractivity contribution >= 4 is 11.9 Å². The van der Waals surface area contributed by atoms with Crippen molar-refractivity contribution in [2.45, 2.75) is 110 Å². The lowest BCUT2D eigenvalue weighted by Crippen LogP contribution is -2.70. The van der Waals surface area contributed by atoms with Gasteiger partial charge in [-0.05, 0) is 86.0 Å². The van der Waals surface area contributed by atoms with E-state index in [4.69, 9.17) is 18.9 Å². The molecule has 2 saturated heterocycles. The zero-order valence-corrected chi connectivity index (χ0v) is 22.0. The SMILES string of the molecule is CCOC(=O)[C@H]1CC[C@H](OC(C(=O)OC(C)(C)C)(N2CCCC2)N2CCC(OCC)CC2)CC1. The quantitative estimate of drug-likeness (QED) is 0.460. The Kier molecular flexibility index (Phi) is 9.78. The molecule has 8 heteroatoms. The number of carbonyl (C=O) groups excluding carboxylic acids is 2. The lowest BCUT2D eigenvalue weighted by Gasteiger charge is -2.51. The second-order valence-electron chi connectivity index (χ2n) is 10.8. The summed E-state index contributed by atoms with van der Waals surface area (Å²) in [7, 11) is 0. The van der Waals surface area contributed by atoms with Crippen LogP contribution in [0.2, 0.25) is 0 Å². The molecule has 0 aromatic rings. The van der Waals surface area contributed by atoms with Crippen LogP contribution in [0.25, 0.3) is 0 Å². The van der Waals surface area contributed by atoms with E-state index in [1.54, 1.807) is 0 Å². The molecule has 1 atom stereocenters. The number of esters is 2. The first-order valence-electron chi connectivity index (χ1n) is 13.4. The lowest BCUT2D eigenvalue weighted by molar-refractivity contribution is -0.282. The zero-order valence-electron chi connectivity index (χ0n) is 22.0. The molecule has 0 aromatic carbocycles. The van der Waals surface area contributed by atoms with Crippen molar-refractivity contribution in [1.29, 1.82) is 0 Å². The van der Waals surface area contributed by atoms with Crippen LogP contribution < -0.4 is 0 Å². The molecule has 0 spiro atoms. The van der Waals surface area contributed by atoms with Crippen LogP contribution in [0.1, 0.15) is 86.0 Å². The second kappa shape index (κ2) is 12.2. The summed E-state index contributed by atoms with van der Waals surface area (Å²) in [5.74, 6) is -1.74. The summed E-state index contributed by atoms with van der Waals surface area (Å²) in [5, 5.41) is 0. The number of likely N-dealkylation sites (tertiary alicyclic amines) is 2. The van der Waals surface area contributed by atoms with Gasteiger partial charge in [-0.1, -0.05) is 0 Å². The zero-order chi connectivity index (χ0) is 24.8. The van der Waals surface area contributed by atoms with Crippen LogP contribution in [0, 0.1) is 5.92 Å². The monoisotopic (exact) mass is 482 g/mol. The molecule has 2 heterocycles. The molecule has 0 amide bonds. The molecule has 3 aliphatic rings. The minimum atomic E-state index is -1.23. The van der Waals surface area contributed by atoms with Crippen LogP contribution in [0.4, 0.5) is 0 Å². The number of piperidine rings is 1. The molecule has 0 aromatic heterocycles. The third-order valence-corrected chi connectivity index (χ3v) is 7.10. The van der Waals surface area contributed by atoms with Gasteiger partial charge in [0.15, 0.2) is 0 Å². The molecule has 1 unspecified atom stereocenters. The average Bonchev–Trinajstić information content (AvgIpc) is 3.33. The largest absolute Gasteiger partial charge is 0.466 e. The Labute approximate surface area is 205 Å². The molecule has 34 heavy (non-hydrogen) atoms. The van der Waals surface area contributed by atoms with Crippen molar-refractivity contribution < 1.29 is 28.5 Å². The standard InChI is InChI=1S/C26H46N2O6/c1-6-31-21-14-18-28(19-15-21)26(27-16-8-9-17-27,24(30)34-25(3,4)5)33-22-12-10-20(11-13-22)23(29)32-7-2/h20-22H,6-19H2,1-5H3/t20-,22-,26?. The molecular formula is C26H46N2O6. The molecule has 3 fully saturated rings. The molecular weight excluding hydrogens is 436 g/mol. The number of ether oxygens (including phenoxy) is 4. The maximum absolute atomic E-state index is 14.0. The predicted octanol–water partition coefficient (Wildman–Crippen LogP) is 3.72. The fourth-order valence-electron chi connectivity index (χ4n) is 5.49. The van der Waals surface area contributed by atoms with Crippen molar-refractivity contribution in [2.75, 3.05) is 39.4 Å². The highest BCUT2D eigenvalue weighted by Crippen LogP contribution is 2.37. The van der Waals surface area contributed by atoms with Crippen molar-refractivity contribution in [3.63, 3.8) is 0 Å². The Morgan fingerprint density at radius 1 is 0.794 bits per heavy atom. The summed E-state index contributed by atoms with van der Waals surface area (Å²) in [5.41, 5.74) is -0.614. The second-order valence-corrected chi connectivity index (χ2v) is 10.8. The molecule has 1 aliphatic carbocycles. The smallest absolute Gasteiger partial charge is 0.371 e. The normalized spacial score (nSPS) is 27.3. The highest BCUT2D eigenvalue weighted by molar-refractivity contribution is 5.79. The topological polar surface area (TPSA) is 77.5 Å². The van der Waals surface area contributed by atoms with Gasteiger partial charge < -0.3 is 18.9 Å². The number of rotatable bonds is 9. The maximum Gasteiger partial charge on any atom is 0.371 e. The fourth-order valence-corrected chi connectivity index (χ4v) is 5.49. The summed E-state index contributed by atoms with van der Waals surface area (Å²) in [6.07, 6.45) is 6.84. The first kappa shape index (κ1) is 27.4. The molecule has 0 N–H and O–H groups in total. The first-order valence-corrected chi connectivity index (χ1v) is 13.4. The van der Waals surface area contributed by atoms with E-state index in [-0.39, 0.29) is 30.1 Å². The van der Waals surface area contributed by atoms with Gasteiger partial charge in [0.05, 0.1) is 24.7 Å². The van der Waals surface area contributed by atoms with Gasteiger partial charge in [0.1, 0.15) is 5.60 Å². The maximum atomic E-state index is 14.0. The summed E-state index contributed by atoms with van der Waals surface area (Å²) >= 11 is 0. The van der Waals surface area contributed by atoms with Gasteiger partial charge >= 0.3 is 11.9 Å². The molecule has 196 valence electrons. The van der Waals surface area contributed by atoms with E-state index < -0.39 is 11.4 Å². The summed E-state index contributed by atoms with van der Waals surface area (Å²) < 4.78 is 24.0. The highest BCUT2D eigenvalue weighted by Gasteiger charge is 2.56. The van der Waals surface area contributed by atoms with E-state index in [1.165, 1.54) is 0 Å². The van der Waals surface area contributed by atoms with E-state index in [0.717, 1.165) is 77.5 Å². The fraction of sp³-hybridized carbons (Fsp3) is 0.923. The number of carbonyl (C=O) groups is 2. The number of hydrogen-bond donors (Lipinski definition) is 0. The van der Waals surface area contributed by atoms with Gasteiger partial charge in [-0.2, -0.15) is 0 Å². The first-order chi connectivity index (χ1) is 16.2. The van der Waals surface area contributed by atoms with E-state index in [1.807, 2.05) is 34.6 Å². The lowest BCUT2D eigenvalue weighted by atomic mass is 9.87. The van der Waals surface area contributed by atoms with Crippen molar-refractivity contribution in [3.05, 3.63) is 0 Å². The summed E-state index contributed by atoms with van der Waals surface area (Å²) in [6.45, 7) is 13.8. The van der Waals surface area contributed by atoms with Gasteiger partial charge in [0, 0.05) is 32.8 Å². The van der Waals surface area contributed by atoms with Gasteiger partial charge in [-0.15, -0.1) is 0 Å². The summed E-state index contributed by atoms with van der Waals surface area (Å²) in [6, 6.07) is 0. The molecule has 0 bridgehead atoms. The predicted molar refractivity (Wildman–Crippen MR) is 129 cm³/mol. The Morgan fingerprint density at radius 3 is 1.91 bits per heavy atom. The van der Waals surface area contributed by atoms with Crippen molar-refractivity contribution in [2.24, 2.45) is 5.92 Å². The number of hydrogen-bond acceptors (Lipinski definition) is 8. The van der Waals surface area contributed by atoms with E-state index >= 15 is 0 Å². The Balaban J connectivity index is 1.83. The number of nitrogens with zero attached hydrogens (tertiary/aromatic N) is 2. The molecule has 3 rings (SSSR count). The van der Waals surface area contributed by atoms with E-state index in [0.29, 0.717) is 13.2 Å². The van der Waals surface area contributed by atoms with E-state index in [2.05, 4.69) is 9.80 Å². The van der Waals surface area contributed by atoms with Crippen LogP contribution >= 0.6 is 0 Å². The Morgan fingerprint density at radius 2 is 1.38 bits per heavy atom. The van der Waals surface area contributed by atoms with E-state index in [9.17, 15) is 9.59 Å². The van der Waals surface area contributed by atoms with Crippen molar-refractivity contribution in [3.8, 4) is 0 Å². The van der Waals surface area contributed by atoms with Gasteiger partial charge in [-0.25, -0.2) is 4.79 Å². The van der Waals surface area contributed by atoms with Crippen LogP contribution in [0.15, 0.2) is 0 Å². The minimum absolute atomic E-state index is 0.0792. The molecule has 1 saturated carbocycles. The van der Waals surface area contributed by atoms with Crippen LogP contribution in [0.3, 0.4) is 0 Å². The Bertz CT molecular complexity index is 659. The Hall–Kier alpha value is -1.22. The van der Waals surface area contributed by atoms with Gasteiger partial charge in [0.2, 0.25) is 0 Å². The van der Waals surface area contributed by atoms with Crippen LogP contribution in [-0.4, -0.2) is 84.8 Å². The van der Waals surface area contributed by atoms with Gasteiger partial charge in [-0.3, -0.25) is 14.6 Å². The average molecular weight is 483 g/mol. The van der Waals surface area contributed by atoms with Crippen molar-refractivity contribution in [1.82, 2.24) is 9.80 Å². The molecule has 8 nitrogen and oxygen atoms in total. The van der Waals surface area contributed by atoms with Gasteiger partial charge in [0.25, 0.3) is 5.85 Å². The molecule has 0 radical (unpaired) electrons. The summed E-state index contributed by atoms with van der Waals surface area (Å²) in [4.78, 5) is 30.6. The molecule has 2 aliphatic heterocycles. The third-order valence-electron chi connectivity index (χ3n) is 7.10. The highest BCUT2D eigenvalue weighted by atomic mass is 16.6. The van der Waals surface area contributed by atoms with Crippen LogP contribution in [-0.2, 0) is 28.5 Å². The van der Waals surface area contributed by atoms with Crippen LogP contribution in [0.5, 0.6) is 0 Å². The minimum Gasteiger partial charge on any atom is -0.466 e.